The molecule has 152 valence electrons. The van der Waals surface area contributed by atoms with Crippen molar-refractivity contribution in [2.45, 2.75) is 38.5 Å². The minimum absolute atomic E-state index is 0.0688. The maximum atomic E-state index is 12.7. The first-order chi connectivity index (χ1) is 13.0. The first-order valence-corrected chi connectivity index (χ1v) is 8.96. The molecule has 0 spiro atoms. The van der Waals surface area contributed by atoms with E-state index in [2.05, 4.69) is 26.1 Å². The molecule has 6 N–H and O–H groups in total. The van der Waals surface area contributed by atoms with Crippen LogP contribution in [0.1, 0.15) is 26.5 Å². The number of hydrogen-bond donors (Lipinski definition) is 5. The molecular weight excluding hydrogens is 392 g/mol. The van der Waals surface area contributed by atoms with Crippen LogP contribution in [-0.4, -0.2) is 63.7 Å². The zero-order valence-corrected chi connectivity index (χ0v) is 16.1. The number of amides is 3. The van der Waals surface area contributed by atoms with Crippen LogP contribution in [-0.2, 0) is 24.0 Å². The Labute approximate surface area is 163 Å². The van der Waals surface area contributed by atoms with Gasteiger partial charge in [-0.2, -0.15) is 0 Å². The number of nitrogen functional groups attached to an aromatic ring is 1. The largest absolute Gasteiger partial charge is 0.478 e. The Morgan fingerprint density at radius 3 is 2.64 bits per heavy atom. The lowest BCUT2D eigenvalue weighted by molar-refractivity contribution is -0.161. The predicted molar refractivity (Wildman–Crippen MR) is 98.4 cm³/mol. The topological polar surface area (TPSA) is 185 Å². The molecule has 13 heteroatoms. The molecule has 1 fully saturated rings. The summed E-state index contributed by atoms with van der Waals surface area (Å²) in [6, 6.07) is -1.41. The number of nitrogens with one attached hydrogen (secondary N) is 3. The highest BCUT2D eigenvalue weighted by Gasteiger charge is 2.41. The quantitative estimate of drug-likeness (QED) is 0.192. The van der Waals surface area contributed by atoms with Crippen molar-refractivity contribution in [3.63, 3.8) is 0 Å². The first-order valence-electron chi connectivity index (χ1n) is 8.08. The number of β-lactam (4-membered cyclic amide) rings is 1. The summed E-state index contributed by atoms with van der Waals surface area (Å²) >= 11 is 1.05. The molecule has 0 aliphatic carbocycles. The van der Waals surface area contributed by atoms with Crippen LogP contribution in [0.2, 0.25) is 0 Å². The van der Waals surface area contributed by atoms with E-state index in [1.165, 1.54) is 26.2 Å². The van der Waals surface area contributed by atoms with Crippen LogP contribution >= 0.6 is 11.3 Å². The van der Waals surface area contributed by atoms with Gasteiger partial charge in [0.25, 0.3) is 5.91 Å². The van der Waals surface area contributed by atoms with Gasteiger partial charge in [0.1, 0.15) is 11.7 Å². The van der Waals surface area contributed by atoms with Gasteiger partial charge in [0, 0.05) is 18.8 Å². The molecule has 1 aliphatic heterocycles. The number of nitrogens with two attached hydrogens (primary N) is 1. The number of aliphatic carboxylic acids is 1. The van der Waals surface area contributed by atoms with Crippen molar-refractivity contribution in [3.05, 3.63) is 11.1 Å². The van der Waals surface area contributed by atoms with Gasteiger partial charge in [-0.3, -0.25) is 14.4 Å². The predicted octanol–water partition coefficient (Wildman–Crippen LogP) is -1.57. The number of oxime groups is 1. The monoisotopic (exact) mass is 412 g/mol. The Hall–Kier alpha value is -3.22. The van der Waals surface area contributed by atoms with Crippen LogP contribution < -0.4 is 21.7 Å². The van der Waals surface area contributed by atoms with E-state index in [1.807, 2.05) is 0 Å². The summed E-state index contributed by atoms with van der Waals surface area (Å²) in [5.74, 6) is -2.81. The van der Waals surface area contributed by atoms with Crippen LogP contribution in [0.15, 0.2) is 10.5 Å². The molecule has 12 nitrogen and oxygen atoms in total. The molecule has 0 unspecified atom stereocenters. The molecule has 0 saturated carbocycles. The van der Waals surface area contributed by atoms with E-state index in [0.717, 1.165) is 11.3 Å². The fourth-order valence-electron chi connectivity index (χ4n) is 2.04. The fraction of sp³-hybridized carbons (Fsp3) is 0.467. The lowest BCUT2D eigenvalue weighted by Gasteiger charge is -2.37. The third-order valence-electron chi connectivity index (χ3n) is 3.73. The molecule has 0 bridgehead atoms. The Balaban J connectivity index is 2.18. The summed E-state index contributed by atoms with van der Waals surface area (Å²) in [6.45, 7) is 3.97. The molecule has 3 amide bonds. The lowest BCUT2D eigenvalue weighted by atomic mass is 9.98. The second-order valence-corrected chi connectivity index (χ2v) is 7.31. The molecule has 1 saturated heterocycles. The van der Waals surface area contributed by atoms with Gasteiger partial charge in [0.2, 0.25) is 17.4 Å². The van der Waals surface area contributed by atoms with Crippen molar-refractivity contribution in [3.8, 4) is 0 Å². The fourth-order valence-corrected chi connectivity index (χ4v) is 2.59. The minimum atomic E-state index is -1.70. The maximum Gasteiger partial charge on any atom is 0.350 e. The van der Waals surface area contributed by atoms with Crippen molar-refractivity contribution in [1.82, 2.24) is 20.9 Å². The van der Waals surface area contributed by atoms with Crippen LogP contribution in [0.25, 0.3) is 0 Å². The molecule has 2 rings (SSSR count). The number of hydrogen-bond acceptors (Lipinski definition) is 9. The number of carboxylic acid groups (broad SMARTS) is 1. The van der Waals surface area contributed by atoms with Gasteiger partial charge in [-0.25, -0.2) is 9.78 Å². The number of carboxylic acids is 1. The highest BCUT2D eigenvalue weighted by molar-refractivity contribution is 7.13. The van der Waals surface area contributed by atoms with Crippen molar-refractivity contribution in [2.24, 2.45) is 5.16 Å². The lowest BCUT2D eigenvalue weighted by Crippen LogP contribution is -2.72. The van der Waals surface area contributed by atoms with Gasteiger partial charge < -0.3 is 31.6 Å². The SMILES string of the molecule is CC(=O)NC[C@H]1NC(=O)[C@H]1NC(=O)C(=NOC(C)(C)C(=O)O)c1csc(N)n1. The summed E-state index contributed by atoms with van der Waals surface area (Å²) in [6.07, 6.45) is 0. The number of rotatable bonds is 8. The standard InChI is InChI=1S/C15H20N6O6S/c1-6(22)17-4-7-9(11(23)18-7)20-12(24)10(8-5-28-14(16)19-8)21-27-15(2,3)13(25)26/h5,7,9H,4H2,1-3H3,(H2,16,19)(H,17,22)(H,18,23)(H,20,24)(H,25,26)/t7-,9+/m1/s1. The zero-order chi connectivity index (χ0) is 21.1. The average Bonchev–Trinajstić information content (AvgIpc) is 3.02. The normalized spacial score (nSPS) is 19.2. The minimum Gasteiger partial charge on any atom is -0.478 e. The van der Waals surface area contributed by atoms with Gasteiger partial charge in [-0.15, -0.1) is 11.3 Å². The summed E-state index contributed by atoms with van der Waals surface area (Å²) in [7, 11) is 0. The van der Waals surface area contributed by atoms with E-state index in [4.69, 9.17) is 15.7 Å². The first kappa shape index (κ1) is 21.1. The number of thiazole rings is 1. The van der Waals surface area contributed by atoms with E-state index in [0.29, 0.717) is 0 Å². The van der Waals surface area contributed by atoms with Crippen LogP contribution in [0.4, 0.5) is 5.13 Å². The highest BCUT2D eigenvalue weighted by Crippen LogP contribution is 2.16. The third-order valence-corrected chi connectivity index (χ3v) is 4.40. The highest BCUT2D eigenvalue weighted by atomic mass is 32.1. The molecule has 0 radical (unpaired) electrons. The van der Waals surface area contributed by atoms with E-state index in [-0.39, 0.29) is 29.0 Å². The Bertz CT molecular complexity index is 835. The summed E-state index contributed by atoms with van der Waals surface area (Å²) in [4.78, 5) is 55.6. The van der Waals surface area contributed by atoms with Crippen molar-refractivity contribution in [1.29, 1.82) is 0 Å². The number of aromatic nitrogens is 1. The number of carbonyl (C=O) groups is 4. The second-order valence-electron chi connectivity index (χ2n) is 6.42. The smallest absolute Gasteiger partial charge is 0.350 e. The van der Waals surface area contributed by atoms with Gasteiger partial charge in [-0.05, 0) is 13.8 Å². The maximum absolute atomic E-state index is 12.7. The van der Waals surface area contributed by atoms with E-state index < -0.39 is 35.5 Å². The summed E-state index contributed by atoms with van der Waals surface area (Å²) < 4.78 is 0. The summed E-state index contributed by atoms with van der Waals surface area (Å²) in [5, 5.41) is 21.9. The van der Waals surface area contributed by atoms with Crippen LogP contribution in [0, 0.1) is 0 Å². The van der Waals surface area contributed by atoms with Crippen LogP contribution in [0.5, 0.6) is 0 Å². The Morgan fingerprint density at radius 2 is 2.14 bits per heavy atom. The van der Waals surface area contributed by atoms with Gasteiger partial charge in [0.15, 0.2) is 10.8 Å². The molecule has 28 heavy (non-hydrogen) atoms. The molecular formula is C15H20N6O6S. The van der Waals surface area contributed by atoms with Gasteiger partial charge in [-0.1, -0.05) is 5.16 Å². The van der Waals surface area contributed by atoms with E-state index >= 15 is 0 Å². The van der Waals surface area contributed by atoms with E-state index in [9.17, 15) is 19.2 Å². The Kier molecular flexibility index (Phi) is 6.18. The average molecular weight is 412 g/mol. The van der Waals surface area contributed by atoms with Crippen molar-refractivity contribution < 1.29 is 29.1 Å². The molecule has 1 aromatic heterocycles. The van der Waals surface area contributed by atoms with E-state index in [1.54, 1.807) is 0 Å². The molecule has 2 atom stereocenters. The molecule has 1 aromatic rings. The zero-order valence-electron chi connectivity index (χ0n) is 15.3. The Morgan fingerprint density at radius 1 is 1.46 bits per heavy atom. The number of carbonyl (C=O) groups excluding carboxylic acids is 3. The molecule has 2 heterocycles. The van der Waals surface area contributed by atoms with Crippen LogP contribution in [0.3, 0.4) is 0 Å². The van der Waals surface area contributed by atoms with Gasteiger partial charge >= 0.3 is 5.97 Å². The number of anilines is 1. The molecule has 1 aliphatic rings. The summed E-state index contributed by atoms with van der Waals surface area (Å²) in [5.41, 5.74) is 3.61. The van der Waals surface area contributed by atoms with Gasteiger partial charge in [0.05, 0.1) is 6.04 Å². The van der Waals surface area contributed by atoms with Crippen molar-refractivity contribution in [2.75, 3.05) is 12.3 Å². The number of nitrogens with zero attached hydrogens (tertiary/aromatic N) is 2. The molecule has 0 aromatic carbocycles. The third kappa shape index (κ3) is 4.94. The second kappa shape index (κ2) is 8.21. The van der Waals surface area contributed by atoms with Crippen molar-refractivity contribution >= 4 is 45.9 Å².